The van der Waals surface area contributed by atoms with Crippen molar-refractivity contribution >= 4 is 29.3 Å². The Bertz CT molecular complexity index is 906. The molecule has 1 N–H and O–H groups in total. The predicted octanol–water partition coefficient (Wildman–Crippen LogP) is 3.07. The van der Waals surface area contributed by atoms with Crippen LogP contribution in [0.3, 0.4) is 0 Å². The minimum absolute atomic E-state index is 0.0992. The summed E-state index contributed by atoms with van der Waals surface area (Å²) < 4.78 is 0. The van der Waals surface area contributed by atoms with Crippen LogP contribution in [0.4, 0.5) is 5.69 Å². The van der Waals surface area contributed by atoms with Crippen LogP contribution in [0.15, 0.2) is 30.4 Å². The van der Waals surface area contributed by atoms with E-state index in [1.54, 1.807) is 7.05 Å². The molecule has 1 fully saturated rings. The Morgan fingerprint density at radius 3 is 2.09 bits per heavy atom. The number of carbonyl (C=O) groups is 4. The van der Waals surface area contributed by atoms with Crippen molar-refractivity contribution in [3.63, 3.8) is 0 Å². The van der Waals surface area contributed by atoms with Crippen molar-refractivity contribution < 1.29 is 19.2 Å². The Balaban J connectivity index is 1.75. The SMILES string of the molecule is Cc1cccc(C)c1NC(=O)CN(C)C(=O)C(CC(C)C)N1C(=O)C2CC=CCC2C1=O. The van der Waals surface area contributed by atoms with Crippen molar-refractivity contribution in [2.75, 3.05) is 18.9 Å². The fraction of sp³-hybridized carbons (Fsp3) is 0.520. The molecule has 3 unspecified atom stereocenters. The Kier molecular flexibility index (Phi) is 7.16. The number of benzene rings is 1. The lowest BCUT2D eigenvalue weighted by Gasteiger charge is -2.30. The van der Waals surface area contributed by atoms with E-state index in [2.05, 4.69) is 5.32 Å². The van der Waals surface area contributed by atoms with E-state index in [0.717, 1.165) is 16.8 Å². The van der Waals surface area contributed by atoms with Crippen LogP contribution in [0.1, 0.15) is 44.2 Å². The topological polar surface area (TPSA) is 86.8 Å². The lowest BCUT2D eigenvalue weighted by atomic mass is 9.85. The van der Waals surface area contributed by atoms with E-state index < -0.39 is 6.04 Å². The number of imide groups is 1. The van der Waals surface area contributed by atoms with Crippen LogP contribution in [-0.2, 0) is 19.2 Å². The van der Waals surface area contributed by atoms with Crippen LogP contribution in [0.25, 0.3) is 0 Å². The first kappa shape index (κ1) is 23.7. The molecule has 1 aliphatic heterocycles. The molecule has 32 heavy (non-hydrogen) atoms. The van der Waals surface area contributed by atoms with Gasteiger partial charge in [-0.05, 0) is 50.2 Å². The van der Waals surface area contributed by atoms with Gasteiger partial charge in [-0.2, -0.15) is 0 Å². The minimum Gasteiger partial charge on any atom is -0.335 e. The molecule has 0 radical (unpaired) electrons. The lowest BCUT2D eigenvalue weighted by Crippen LogP contribution is -2.52. The maximum atomic E-state index is 13.4. The predicted molar refractivity (Wildman–Crippen MR) is 123 cm³/mol. The smallest absolute Gasteiger partial charge is 0.246 e. The number of anilines is 1. The molecular weight excluding hydrogens is 406 g/mol. The first-order valence-electron chi connectivity index (χ1n) is 11.2. The van der Waals surface area contributed by atoms with E-state index in [4.69, 9.17) is 0 Å². The zero-order valence-corrected chi connectivity index (χ0v) is 19.6. The van der Waals surface area contributed by atoms with E-state index in [-0.39, 0.29) is 47.9 Å². The quantitative estimate of drug-likeness (QED) is 0.523. The number of para-hydroxylation sites is 1. The van der Waals surface area contributed by atoms with Gasteiger partial charge in [-0.15, -0.1) is 0 Å². The first-order valence-corrected chi connectivity index (χ1v) is 11.2. The molecule has 4 amide bonds. The number of nitrogens with one attached hydrogen (secondary N) is 1. The van der Waals surface area contributed by atoms with E-state index in [1.165, 1.54) is 9.80 Å². The van der Waals surface area contributed by atoms with Gasteiger partial charge < -0.3 is 10.2 Å². The summed E-state index contributed by atoms with van der Waals surface area (Å²) in [6, 6.07) is 4.85. The summed E-state index contributed by atoms with van der Waals surface area (Å²) in [6.07, 6.45) is 5.29. The Morgan fingerprint density at radius 2 is 1.59 bits per heavy atom. The summed E-state index contributed by atoms with van der Waals surface area (Å²) in [5, 5.41) is 2.88. The number of nitrogens with zero attached hydrogens (tertiary/aromatic N) is 2. The number of hydrogen-bond donors (Lipinski definition) is 1. The third kappa shape index (κ3) is 4.76. The molecule has 7 nitrogen and oxygen atoms in total. The molecule has 172 valence electrons. The molecule has 3 atom stereocenters. The third-order valence-corrected chi connectivity index (χ3v) is 6.34. The zero-order chi connectivity index (χ0) is 23.6. The van der Waals surface area contributed by atoms with Gasteiger partial charge in [-0.25, -0.2) is 0 Å². The maximum Gasteiger partial charge on any atom is 0.246 e. The first-order chi connectivity index (χ1) is 15.1. The molecule has 7 heteroatoms. The van der Waals surface area contributed by atoms with Crippen molar-refractivity contribution in [1.29, 1.82) is 0 Å². The summed E-state index contributed by atoms with van der Waals surface area (Å²) in [5.41, 5.74) is 2.61. The Morgan fingerprint density at radius 1 is 1.06 bits per heavy atom. The molecule has 1 heterocycles. The van der Waals surface area contributed by atoms with Gasteiger partial charge in [0, 0.05) is 12.7 Å². The standard InChI is InChI=1S/C25H33N3O4/c1-15(2)13-20(28-23(30)18-11-6-7-12-19(18)24(28)31)25(32)27(5)14-21(29)26-22-16(3)9-8-10-17(22)4/h6-10,15,18-20H,11-14H2,1-5H3,(H,26,29). The summed E-state index contributed by atoms with van der Waals surface area (Å²) in [5.74, 6) is -1.90. The second-order valence-corrected chi connectivity index (χ2v) is 9.36. The molecular formula is C25H33N3O4. The molecule has 1 saturated heterocycles. The van der Waals surface area contributed by atoms with Gasteiger partial charge in [0.2, 0.25) is 23.6 Å². The third-order valence-electron chi connectivity index (χ3n) is 6.34. The number of carbonyl (C=O) groups excluding carboxylic acids is 4. The van der Waals surface area contributed by atoms with Crippen LogP contribution in [0.2, 0.25) is 0 Å². The second-order valence-electron chi connectivity index (χ2n) is 9.36. The van der Waals surface area contributed by atoms with Crippen molar-refractivity contribution in [1.82, 2.24) is 9.80 Å². The summed E-state index contributed by atoms with van der Waals surface area (Å²) in [4.78, 5) is 54.7. The van der Waals surface area contributed by atoms with Crippen molar-refractivity contribution in [2.45, 2.75) is 53.0 Å². The van der Waals surface area contributed by atoms with Crippen LogP contribution < -0.4 is 5.32 Å². The highest BCUT2D eigenvalue weighted by Crippen LogP contribution is 2.37. The van der Waals surface area contributed by atoms with Crippen molar-refractivity contribution in [3.05, 3.63) is 41.5 Å². The highest BCUT2D eigenvalue weighted by atomic mass is 16.2. The maximum absolute atomic E-state index is 13.4. The number of fused-ring (bicyclic) bond motifs is 1. The number of aryl methyl sites for hydroxylation is 2. The molecule has 0 spiro atoms. The number of likely N-dealkylation sites (tertiary alicyclic amines) is 1. The molecule has 3 rings (SSSR count). The Labute approximate surface area is 189 Å². The average molecular weight is 440 g/mol. The van der Waals surface area contributed by atoms with Crippen molar-refractivity contribution in [3.8, 4) is 0 Å². The normalized spacial score (nSPS) is 21.0. The Hall–Kier alpha value is -2.96. The lowest BCUT2D eigenvalue weighted by molar-refractivity contribution is -0.152. The number of rotatable bonds is 7. The summed E-state index contributed by atoms with van der Waals surface area (Å²) in [7, 11) is 1.54. The van der Waals surface area contributed by atoms with Crippen LogP contribution >= 0.6 is 0 Å². The molecule has 0 aromatic heterocycles. The van der Waals surface area contributed by atoms with Gasteiger partial charge in [0.15, 0.2) is 0 Å². The molecule has 2 aliphatic rings. The molecule has 1 aromatic rings. The van der Waals surface area contributed by atoms with E-state index >= 15 is 0 Å². The summed E-state index contributed by atoms with van der Waals surface area (Å²) >= 11 is 0. The number of likely N-dealkylation sites (N-methyl/N-ethyl adjacent to an activating group) is 1. The molecule has 0 saturated carbocycles. The van der Waals surface area contributed by atoms with Gasteiger partial charge in [-0.3, -0.25) is 24.1 Å². The molecule has 1 aromatic carbocycles. The van der Waals surface area contributed by atoms with E-state index in [1.807, 2.05) is 58.0 Å². The number of allylic oxidation sites excluding steroid dienone is 2. The zero-order valence-electron chi connectivity index (χ0n) is 19.6. The molecule has 0 bridgehead atoms. The largest absolute Gasteiger partial charge is 0.335 e. The molecule has 1 aliphatic carbocycles. The highest BCUT2D eigenvalue weighted by Gasteiger charge is 2.51. The van der Waals surface area contributed by atoms with Gasteiger partial charge in [0.25, 0.3) is 0 Å². The van der Waals surface area contributed by atoms with Gasteiger partial charge in [-0.1, -0.05) is 44.2 Å². The van der Waals surface area contributed by atoms with Crippen LogP contribution in [0, 0.1) is 31.6 Å². The monoisotopic (exact) mass is 439 g/mol. The number of amides is 4. The minimum atomic E-state index is -0.890. The van der Waals surface area contributed by atoms with Crippen LogP contribution in [0.5, 0.6) is 0 Å². The second kappa shape index (κ2) is 9.67. The van der Waals surface area contributed by atoms with Crippen LogP contribution in [-0.4, -0.2) is 53.1 Å². The fourth-order valence-corrected chi connectivity index (χ4v) is 4.63. The fourth-order valence-electron chi connectivity index (χ4n) is 4.63. The van der Waals surface area contributed by atoms with Gasteiger partial charge >= 0.3 is 0 Å². The summed E-state index contributed by atoms with van der Waals surface area (Å²) in [6.45, 7) is 7.57. The average Bonchev–Trinajstić information content (AvgIpc) is 2.99. The highest BCUT2D eigenvalue weighted by molar-refractivity contribution is 6.08. The van der Waals surface area contributed by atoms with E-state index in [0.29, 0.717) is 19.3 Å². The van der Waals surface area contributed by atoms with Gasteiger partial charge in [0.05, 0.1) is 18.4 Å². The number of hydrogen-bond acceptors (Lipinski definition) is 4. The van der Waals surface area contributed by atoms with Crippen molar-refractivity contribution in [2.24, 2.45) is 17.8 Å². The van der Waals surface area contributed by atoms with E-state index in [9.17, 15) is 19.2 Å². The van der Waals surface area contributed by atoms with Gasteiger partial charge in [0.1, 0.15) is 6.04 Å².